The molecule has 2 aromatic rings. The van der Waals surface area contributed by atoms with Crippen LogP contribution >= 0.6 is 0 Å². The monoisotopic (exact) mass is 282 g/mol. The Morgan fingerprint density at radius 1 is 0.857 bits per heavy atom. The van der Waals surface area contributed by atoms with Crippen molar-refractivity contribution in [2.45, 2.75) is 13.8 Å². The second-order valence-corrected chi connectivity index (χ2v) is 4.56. The molecule has 0 saturated heterocycles. The van der Waals surface area contributed by atoms with Gasteiger partial charge in [0.15, 0.2) is 11.5 Å². The van der Waals surface area contributed by atoms with Crippen LogP contribution in [-0.2, 0) is 0 Å². The zero-order valence-corrected chi connectivity index (χ0v) is 12.1. The summed E-state index contributed by atoms with van der Waals surface area (Å²) in [5.41, 5.74) is 1.83. The van der Waals surface area contributed by atoms with E-state index < -0.39 is 0 Å². The van der Waals surface area contributed by atoms with Crippen molar-refractivity contribution in [1.82, 2.24) is 0 Å². The van der Waals surface area contributed by atoms with Crippen LogP contribution in [0.4, 0.5) is 0 Å². The molecular formula is C18H18O3. The molecule has 0 unspecified atom stereocenters. The Balaban J connectivity index is 2.29. The summed E-state index contributed by atoms with van der Waals surface area (Å²) in [4.78, 5) is 0. The molecule has 0 saturated carbocycles. The van der Waals surface area contributed by atoms with E-state index in [-0.39, 0.29) is 17.2 Å². The minimum atomic E-state index is -0.263. The van der Waals surface area contributed by atoms with Gasteiger partial charge in [0.1, 0.15) is 5.75 Å². The minimum absolute atomic E-state index is 0.203. The summed E-state index contributed by atoms with van der Waals surface area (Å²) in [5, 5.41) is 19.6. The number of benzene rings is 2. The van der Waals surface area contributed by atoms with Crippen LogP contribution < -0.4 is 4.74 Å². The van der Waals surface area contributed by atoms with Gasteiger partial charge in [0.05, 0.1) is 0 Å². The van der Waals surface area contributed by atoms with E-state index in [9.17, 15) is 10.2 Å². The SMILES string of the molecule is C/C=C/c1ccc(Oc2cc(/C=C/C)cc(O)c2O)cc1. The lowest BCUT2D eigenvalue weighted by atomic mass is 10.1. The van der Waals surface area contributed by atoms with Gasteiger partial charge in [0.25, 0.3) is 0 Å². The van der Waals surface area contributed by atoms with Gasteiger partial charge in [-0.25, -0.2) is 0 Å². The van der Waals surface area contributed by atoms with Gasteiger partial charge in [-0.2, -0.15) is 0 Å². The fraction of sp³-hybridized carbons (Fsp3) is 0.111. The van der Waals surface area contributed by atoms with Crippen LogP contribution in [0.3, 0.4) is 0 Å². The number of ether oxygens (including phenoxy) is 1. The van der Waals surface area contributed by atoms with Crippen molar-refractivity contribution in [1.29, 1.82) is 0 Å². The molecule has 0 aliphatic carbocycles. The van der Waals surface area contributed by atoms with E-state index in [0.29, 0.717) is 5.75 Å². The lowest BCUT2D eigenvalue weighted by molar-refractivity contribution is 0.372. The lowest BCUT2D eigenvalue weighted by Crippen LogP contribution is -1.87. The first-order chi connectivity index (χ1) is 10.1. The normalized spacial score (nSPS) is 11.3. The van der Waals surface area contributed by atoms with Crippen LogP contribution in [0.5, 0.6) is 23.0 Å². The third kappa shape index (κ3) is 3.66. The molecule has 0 atom stereocenters. The molecule has 0 aliphatic rings. The smallest absolute Gasteiger partial charge is 0.201 e. The van der Waals surface area contributed by atoms with E-state index >= 15 is 0 Å². The number of allylic oxidation sites excluding steroid dienone is 2. The summed E-state index contributed by atoms with van der Waals surface area (Å²) in [6.07, 6.45) is 7.61. The van der Waals surface area contributed by atoms with Crippen LogP contribution in [0.2, 0.25) is 0 Å². The third-order valence-corrected chi connectivity index (χ3v) is 2.90. The molecule has 3 heteroatoms. The number of hydrogen-bond acceptors (Lipinski definition) is 3. The highest BCUT2D eigenvalue weighted by Crippen LogP contribution is 2.39. The standard InChI is InChI=1S/C18H18O3/c1-3-5-13-7-9-15(10-8-13)21-17-12-14(6-4-2)11-16(19)18(17)20/h3-12,19-20H,1-2H3/b5-3+,6-4+. The first-order valence-corrected chi connectivity index (χ1v) is 6.73. The average Bonchev–Trinajstić information content (AvgIpc) is 2.47. The fourth-order valence-corrected chi connectivity index (χ4v) is 1.95. The van der Waals surface area contributed by atoms with Crippen molar-refractivity contribution in [3.05, 3.63) is 59.7 Å². The third-order valence-electron chi connectivity index (χ3n) is 2.90. The minimum Gasteiger partial charge on any atom is -0.504 e. The Morgan fingerprint density at radius 3 is 2.10 bits per heavy atom. The van der Waals surface area contributed by atoms with Gasteiger partial charge >= 0.3 is 0 Å². The van der Waals surface area contributed by atoms with Crippen LogP contribution in [0.1, 0.15) is 25.0 Å². The van der Waals surface area contributed by atoms with Gasteiger partial charge in [-0.15, -0.1) is 0 Å². The number of rotatable bonds is 4. The zero-order chi connectivity index (χ0) is 15.2. The predicted molar refractivity (Wildman–Crippen MR) is 85.7 cm³/mol. The lowest BCUT2D eigenvalue weighted by Gasteiger charge is -2.10. The van der Waals surface area contributed by atoms with Gasteiger partial charge in [0.2, 0.25) is 5.75 Å². The van der Waals surface area contributed by atoms with Crippen molar-refractivity contribution in [3.63, 3.8) is 0 Å². The van der Waals surface area contributed by atoms with Crippen molar-refractivity contribution in [2.75, 3.05) is 0 Å². The fourth-order valence-electron chi connectivity index (χ4n) is 1.95. The maximum atomic E-state index is 9.88. The molecule has 2 N–H and O–H groups in total. The maximum absolute atomic E-state index is 9.88. The highest BCUT2D eigenvalue weighted by Gasteiger charge is 2.10. The van der Waals surface area contributed by atoms with Gasteiger partial charge in [-0.05, 0) is 49.2 Å². The van der Waals surface area contributed by atoms with Gasteiger partial charge in [-0.3, -0.25) is 0 Å². The number of phenolic OH excluding ortho intramolecular Hbond substituents is 2. The van der Waals surface area contributed by atoms with Gasteiger partial charge in [-0.1, -0.05) is 36.4 Å². The van der Waals surface area contributed by atoms with E-state index in [1.165, 1.54) is 6.07 Å². The molecule has 0 amide bonds. The topological polar surface area (TPSA) is 49.7 Å². The molecule has 3 nitrogen and oxygen atoms in total. The van der Waals surface area contributed by atoms with Crippen LogP contribution in [0.15, 0.2) is 48.6 Å². The molecule has 21 heavy (non-hydrogen) atoms. The molecule has 0 radical (unpaired) electrons. The van der Waals surface area contributed by atoms with E-state index in [1.807, 2.05) is 62.4 Å². The van der Waals surface area contributed by atoms with E-state index in [0.717, 1.165) is 11.1 Å². The zero-order valence-electron chi connectivity index (χ0n) is 12.1. The van der Waals surface area contributed by atoms with E-state index in [4.69, 9.17) is 4.74 Å². The van der Waals surface area contributed by atoms with Crippen molar-refractivity contribution in [3.8, 4) is 23.0 Å². The Bertz CT molecular complexity index is 668. The number of aromatic hydroxyl groups is 2. The first kappa shape index (κ1) is 14.7. The van der Waals surface area contributed by atoms with Crippen molar-refractivity contribution < 1.29 is 14.9 Å². The quantitative estimate of drug-likeness (QED) is 0.779. The Morgan fingerprint density at radius 2 is 1.48 bits per heavy atom. The molecule has 0 aromatic heterocycles. The van der Waals surface area contributed by atoms with Gasteiger partial charge < -0.3 is 14.9 Å². The summed E-state index contributed by atoms with van der Waals surface area (Å²) in [5.74, 6) is 0.351. The van der Waals surface area contributed by atoms with E-state index in [1.54, 1.807) is 6.07 Å². The van der Waals surface area contributed by atoms with Crippen molar-refractivity contribution >= 4 is 12.2 Å². The van der Waals surface area contributed by atoms with Gasteiger partial charge in [0, 0.05) is 0 Å². The molecule has 0 aliphatic heterocycles. The summed E-state index contributed by atoms with van der Waals surface area (Å²) in [6, 6.07) is 10.6. The Kier molecular flexibility index (Phi) is 4.67. The van der Waals surface area contributed by atoms with Crippen LogP contribution in [0, 0.1) is 0 Å². The van der Waals surface area contributed by atoms with Crippen molar-refractivity contribution in [2.24, 2.45) is 0 Å². The molecule has 0 bridgehead atoms. The second-order valence-electron chi connectivity index (χ2n) is 4.56. The molecule has 0 heterocycles. The maximum Gasteiger partial charge on any atom is 0.201 e. The second kappa shape index (κ2) is 6.66. The number of phenols is 2. The molecular weight excluding hydrogens is 264 g/mol. The molecule has 0 fully saturated rings. The summed E-state index contributed by atoms with van der Waals surface area (Å²) < 4.78 is 5.64. The van der Waals surface area contributed by atoms with Crippen LogP contribution in [-0.4, -0.2) is 10.2 Å². The summed E-state index contributed by atoms with van der Waals surface area (Å²) in [6.45, 7) is 3.84. The average molecular weight is 282 g/mol. The van der Waals surface area contributed by atoms with Crippen LogP contribution in [0.25, 0.3) is 12.2 Å². The molecule has 0 spiro atoms. The summed E-state index contributed by atoms with van der Waals surface area (Å²) in [7, 11) is 0. The Hall–Kier alpha value is -2.68. The highest BCUT2D eigenvalue weighted by molar-refractivity contribution is 5.61. The molecule has 108 valence electrons. The molecule has 2 aromatic carbocycles. The summed E-state index contributed by atoms with van der Waals surface area (Å²) >= 11 is 0. The van der Waals surface area contributed by atoms with E-state index in [2.05, 4.69) is 0 Å². The number of hydrogen-bond donors (Lipinski definition) is 2. The largest absolute Gasteiger partial charge is 0.504 e. The first-order valence-electron chi connectivity index (χ1n) is 6.73. The highest BCUT2D eigenvalue weighted by atomic mass is 16.5. The Labute approximate surface area is 124 Å². The molecule has 2 rings (SSSR count). The predicted octanol–water partition coefficient (Wildman–Crippen LogP) is 4.96.